The van der Waals surface area contributed by atoms with Crippen molar-refractivity contribution in [2.75, 3.05) is 6.54 Å². The van der Waals surface area contributed by atoms with Crippen molar-refractivity contribution in [3.8, 4) is 0 Å². The normalized spacial score (nSPS) is 14.9. The molecule has 2 nitrogen and oxygen atoms in total. The first-order valence-corrected chi connectivity index (χ1v) is 6.06. The number of rotatable bonds is 5. The van der Waals surface area contributed by atoms with Crippen LogP contribution in [-0.4, -0.2) is 17.8 Å². The molecule has 1 aromatic carbocycles. The Morgan fingerprint density at radius 2 is 1.87 bits per heavy atom. The molecule has 0 aromatic heterocycles. The minimum absolute atomic E-state index is 0.227. The van der Waals surface area contributed by atoms with Crippen LogP contribution < -0.4 is 5.32 Å². The molecule has 0 saturated heterocycles. The van der Waals surface area contributed by atoms with E-state index in [0.717, 1.165) is 17.4 Å². The van der Waals surface area contributed by atoms with Crippen molar-refractivity contribution in [2.24, 2.45) is 0 Å². The van der Waals surface area contributed by atoms with Crippen LogP contribution in [-0.2, 0) is 0 Å². The highest BCUT2D eigenvalue weighted by molar-refractivity contribution is 9.10. The van der Waals surface area contributed by atoms with Gasteiger partial charge in [0.25, 0.3) is 0 Å². The van der Waals surface area contributed by atoms with Gasteiger partial charge in [-0.05, 0) is 44.5 Å². The van der Waals surface area contributed by atoms with Gasteiger partial charge in [-0.2, -0.15) is 0 Å². The second-order valence-electron chi connectivity index (χ2n) is 3.87. The standard InChI is InChI=1S/C12H18BrNO/c1-9(15)7-8-14-10(2)11-3-5-12(13)6-4-11/h3-6,9-10,14-15H,7-8H2,1-2H3/t9-,10-/m0/s1. The topological polar surface area (TPSA) is 32.3 Å². The van der Waals surface area contributed by atoms with E-state index in [1.165, 1.54) is 5.56 Å². The van der Waals surface area contributed by atoms with E-state index in [2.05, 4.69) is 40.3 Å². The summed E-state index contributed by atoms with van der Waals surface area (Å²) in [5, 5.41) is 12.5. The van der Waals surface area contributed by atoms with Crippen LogP contribution in [0.4, 0.5) is 0 Å². The first-order valence-electron chi connectivity index (χ1n) is 5.26. The molecular weight excluding hydrogens is 254 g/mol. The van der Waals surface area contributed by atoms with Gasteiger partial charge >= 0.3 is 0 Å². The quantitative estimate of drug-likeness (QED) is 0.863. The third kappa shape index (κ3) is 4.78. The minimum atomic E-state index is -0.227. The number of aliphatic hydroxyl groups is 1. The monoisotopic (exact) mass is 271 g/mol. The summed E-state index contributed by atoms with van der Waals surface area (Å²) in [7, 11) is 0. The second-order valence-corrected chi connectivity index (χ2v) is 4.78. The van der Waals surface area contributed by atoms with Gasteiger partial charge in [-0.1, -0.05) is 28.1 Å². The Hall–Kier alpha value is -0.380. The van der Waals surface area contributed by atoms with Crippen LogP contribution in [0.1, 0.15) is 31.9 Å². The van der Waals surface area contributed by atoms with E-state index in [9.17, 15) is 0 Å². The van der Waals surface area contributed by atoms with Gasteiger partial charge < -0.3 is 10.4 Å². The molecule has 0 heterocycles. The fourth-order valence-corrected chi connectivity index (χ4v) is 1.64. The Morgan fingerprint density at radius 3 is 2.40 bits per heavy atom. The van der Waals surface area contributed by atoms with Crippen molar-refractivity contribution in [3.05, 3.63) is 34.3 Å². The van der Waals surface area contributed by atoms with E-state index in [1.807, 2.05) is 19.1 Å². The Kier molecular flexibility index (Phi) is 5.29. The molecule has 0 unspecified atom stereocenters. The molecule has 0 aliphatic heterocycles. The maximum Gasteiger partial charge on any atom is 0.0524 e. The van der Waals surface area contributed by atoms with Crippen LogP contribution in [0.5, 0.6) is 0 Å². The van der Waals surface area contributed by atoms with E-state index >= 15 is 0 Å². The van der Waals surface area contributed by atoms with Gasteiger partial charge in [-0.3, -0.25) is 0 Å². The molecular formula is C12H18BrNO. The average Bonchev–Trinajstić information content (AvgIpc) is 2.18. The summed E-state index contributed by atoms with van der Waals surface area (Å²) in [5.41, 5.74) is 1.27. The largest absolute Gasteiger partial charge is 0.393 e. The van der Waals surface area contributed by atoms with E-state index in [0.29, 0.717) is 6.04 Å². The summed E-state index contributed by atoms with van der Waals surface area (Å²) in [5.74, 6) is 0. The molecule has 2 atom stereocenters. The highest BCUT2D eigenvalue weighted by atomic mass is 79.9. The lowest BCUT2D eigenvalue weighted by Gasteiger charge is -2.14. The number of aliphatic hydroxyl groups excluding tert-OH is 1. The Morgan fingerprint density at radius 1 is 1.27 bits per heavy atom. The van der Waals surface area contributed by atoms with Gasteiger partial charge in [0.15, 0.2) is 0 Å². The van der Waals surface area contributed by atoms with E-state index in [1.54, 1.807) is 0 Å². The van der Waals surface area contributed by atoms with Crippen molar-refractivity contribution in [1.82, 2.24) is 5.32 Å². The molecule has 0 aliphatic carbocycles. The maximum absolute atomic E-state index is 9.13. The van der Waals surface area contributed by atoms with Crippen LogP contribution in [0, 0.1) is 0 Å². The molecule has 0 spiro atoms. The molecule has 0 amide bonds. The lowest BCUT2D eigenvalue weighted by molar-refractivity contribution is 0.182. The number of hydrogen-bond donors (Lipinski definition) is 2. The molecule has 15 heavy (non-hydrogen) atoms. The lowest BCUT2D eigenvalue weighted by Crippen LogP contribution is -2.22. The predicted octanol–water partition coefficient (Wildman–Crippen LogP) is 2.87. The fourth-order valence-electron chi connectivity index (χ4n) is 1.38. The third-order valence-electron chi connectivity index (χ3n) is 2.38. The zero-order chi connectivity index (χ0) is 11.3. The van der Waals surface area contributed by atoms with Crippen LogP contribution in [0.3, 0.4) is 0 Å². The highest BCUT2D eigenvalue weighted by Crippen LogP contribution is 2.16. The number of nitrogens with one attached hydrogen (secondary N) is 1. The molecule has 0 saturated carbocycles. The summed E-state index contributed by atoms with van der Waals surface area (Å²) < 4.78 is 1.10. The maximum atomic E-state index is 9.13. The van der Waals surface area contributed by atoms with E-state index in [-0.39, 0.29) is 6.10 Å². The Bertz CT molecular complexity index is 284. The van der Waals surface area contributed by atoms with Crippen LogP contribution in [0.2, 0.25) is 0 Å². The summed E-state index contributed by atoms with van der Waals surface area (Å²) >= 11 is 3.41. The van der Waals surface area contributed by atoms with Gasteiger partial charge in [0.2, 0.25) is 0 Å². The predicted molar refractivity (Wildman–Crippen MR) is 66.9 cm³/mol. The molecule has 0 radical (unpaired) electrons. The zero-order valence-corrected chi connectivity index (χ0v) is 10.8. The van der Waals surface area contributed by atoms with Crippen molar-refractivity contribution >= 4 is 15.9 Å². The summed E-state index contributed by atoms with van der Waals surface area (Å²) in [6, 6.07) is 8.62. The molecule has 2 N–H and O–H groups in total. The smallest absolute Gasteiger partial charge is 0.0524 e. The fraction of sp³-hybridized carbons (Fsp3) is 0.500. The average molecular weight is 272 g/mol. The van der Waals surface area contributed by atoms with Gasteiger partial charge in [-0.25, -0.2) is 0 Å². The third-order valence-corrected chi connectivity index (χ3v) is 2.91. The van der Waals surface area contributed by atoms with E-state index < -0.39 is 0 Å². The van der Waals surface area contributed by atoms with Crippen LogP contribution in [0.15, 0.2) is 28.7 Å². The first-order chi connectivity index (χ1) is 7.09. The molecule has 1 rings (SSSR count). The van der Waals surface area contributed by atoms with Crippen molar-refractivity contribution < 1.29 is 5.11 Å². The highest BCUT2D eigenvalue weighted by Gasteiger charge is 2.04. The summed E-state index contributed by atoms with van der Waals surface area (Å²) in [4.78, 5) is 0. The van der Waals surface area contributed by atoms with Crippen LogP contribution >= 0.6 is 15.9 Å². The number of hydrogen-bond acceptors (Lipinski definition) is 2. The van der Waals surface area contributed by atoms with E-state index in [4.69, 9.17) is 5.11 Å². The number of benzene rings is 1. The first kappa shape index (κ1) is 12.7. The molecule has 0 bridgehead atoms. The Labute approximate surface area is 99.8 Å². The number of halogens is 1. The summed E-state index contributed by atoms with van der Waals surface area (Å²) in [6.07, 6.45) is 0.565. The van der Waals surface area contributed by atoms with Crippen molar-refractivity contribution in [2.45, 2.75) is 32.4 Å². The van der Waals surface area contributed by atoms with Gasteiger partial charge in [0.1, 0.15) is 0 Å². The minimum Gasteiger partial charge on any atom is -0.393 e. The SMILES string of the molecule is C[C@H](O)CCN[C@@H](C)c1ccc(Br)cc1. The van der Waals surface area contributed by atoms with Crippen LogP contribution in [0.25, 0.3) is 0 Å². The molecule has 84 valence electrons. The Balaban J connectivity index is 2.40. The molecule has 1 aromatic rings. The molecule has 3 heteroatoms. The molecule has 0 fully saturated rings. The zero-order valence-electron chi connectivity index (χ0n) is 9.20. The van der Waals surface area contributed by atoms with Gasteiger partial charge in [0, 0.05) is 10.5 Å². The lowest BCUT2D eigenvalue weighted by atomic mass is 10.1. The van der Waals surface area contributed by atoms with Crippen molar-refractivity contribution in [1.29, 1.82) is 0 Å². The van der Waals surface area contributed by atoms with Gasteiger partial charge in [0.05, 0.1) is 6.10 Å². The second kappa shape index (κ2) is 6.26. The van der Waals surface area contributed by atoms with Crippen molar-refractivity contribution in [3.63, 3.8) is 0 Å². The molecule has 0 aliphatic rings. The van der Waals surface area contributed by atoms with Gasteiger partial charge in [-0.15, -0.1) is 0 Å². The summed E-state index contributed by atoms with van der Waals surface area (Å²) in [6.45, 7) is 4.78.